The normalized spacial score (nSPS) is 12.6. The van der Waals surface area contributed by atoms with E-state index in [1.165, 1.54) is 11.1 Å². The van der Waals surface area contributed by atoms with E-state index in [0.29, 0.717) is 6.04 Å². The summed E-state index contributed by atoms with van der Waals surface area (Å²) in [7, 11) is 0. The average molecular weight is 336 g/mol. The molecule has 1 atom stereocenters. The van der Waals surface area contributed by atoms with Crippen molar-refractivity contribution in [1.82, 2.24) is 15.1 Å². The molecule has 1 N–H and O–H groups in total. The number of aryl methyl sites for hydroxylation is 1. The highest BCUT2D eigenvalue weighted by Crippen LogP contribution is 2.26. The number of rotatable bonds is 7. The van der Waals surface area contributed by atoms with Crippen LogP contribution in [0, 0.1) is 0 Å². The first kappa shape index (κ1) is 15.3. The minimum absolute atomic E-state index is 0.319. The van der Waals surface area contributed by atoms with Gasteiger partial charge in [0, 0.05) is 23.3 Å². The molecule has 0 aliphatic carbocycles. The maximum atomic E-state index is 4.36. The number of benzene rings is 1. The van der Waals surface area contributed by atoms with Crippen molar-refractivity contribution < 1.29 is 0 Å². The van der Waals surface area contributed by atoms with Crippen molar-refractivity contribution >= 4 is 15.9 Å². The van der Waals surface area contributed by atoms with Crippen LogP contribution in [-0.2, 0) is 13.0 Å². The van der Waals surface area contributed by atoms with Crippen molar-refractivity contribution in [3.63, 3.8) is 0 Å². The molecule has 0 bridgehead atoms. The van der Waals surface area contributed by atoms with E-state index in [4.69, 9.17) is 0 Å². The summed E-state index contributed by atoms with van der Waals surface area (Å²) in [5, 5.41) is 8.00. The molecule has 2 aromatic rings. The van der Waals surface area contributed by atoms with Crippen LogP contribution in [-0.4, -0.2) is 16.3 Å². The molecule has 0 saturated carbocycles. The monoisotopic (exact) mass is 335 g/mol. The lowest BCUT2D eigenvalue weighted by molar-refractivity contribution is 0.527. The van der Waals surface area contributed by atoms with Gasteiger partial charge in [-0.3, -0.25) is 4.68 Å². The van der Waals surface area contributed by atoms with Crippen LogP contribution in [0.4, 0.5) is 0 Å². The summed E-state index contributed by atoms with van der Waals surface area (Å²) in [5.41, 5.74) is 2.58. The second-order valence-corrected chi connectivity index (χ2v) is 5.79. The van der Waals surface area contributed by atoms with Crippen molar-refractivity contribution in [3.05, 3.63) is 52.3 Å². The fraction of sp³-hybridized carbons (Fsp3) is 0.438. The van der Waals surface area contributed by atoms with E-state index < -0.39 is 0 Å². The number of aromatic nitrogens is 2. The van der Waals surface area contributed by atoms with Gasteiger partial charge in [-0.05, 0) is 43.5 Å². The van der Waals surface area contributed by atoms with E-state index in [1.807, 2.05) is 10.9 Å². The standard InChI is InChI=1S/C16H22BrN3/c1-3-9-18-16(14-7-5-6-8-15(14)17)10-13-11-19-20(4-2)12-13/h5-8,11-12,16,18H,3-4,9-10H2,1-2H3. The Morgan fingerprint density at radius 2 is 2.10 bits per heavy atom. The maximum Gasteiger partial charge on any atom is 0.0522 e. The first-order valence-corrected chi connectivity index (χ1v) is 8.03. The Bertz CT molecular complexity index is 536. The van der Waals surface area contributed by atoms with E-state index in [0.717, 1.165) is 30.4 Å². The second-order valence-electron chi connectivity index (χ2n) is 4.94. The lowest BCUT2D eigenvalue weighted by atomic mass is 10.0. The van der Waals surface area contributed by atoms with Gasteiger partial charge in [-0.25, -0.2) is 0 Å². The Balaban J connectivity index is 2.17. The Morgan fingerprint density at radius 3 is 2.75 bits per heavy atom. The molecule has 0 spiro atoms. The van der Waals surface area contributed by atoms with Crippen LogP contribution in [0.1, 0.15) is 37.4 Å². The summed E-state index contributed by atoms with van der Waals surface area (Å²) < 4.78 is 3.14. The lowest BCUT2D eigenvalue weighted by Crippen LogP contribution is -2.24. The largest absolute Gasteiger partial charge is 0.310 e. The molecule has 1 unspecified atom stereocenters. The minimum atomic E-state index is 0.319. The number of halogens is 1. The van der Waals surface area contributed by atoms with Crippen LogP contribution >= 0.6 is 15.9 Å². The van der Waals surface area contributed by atoms with Gasteiger partial charge in [-0.2, -0.15) is 5.10 Å². The van der Waals surface area contributed by atoms with E-state index in [1.54, 1.807) is 0 Å². The molecule has 3 nitrogen and oxygen atoms in total. The molecule has 0 saturated heterocycles. The summed E-state index contributed by atoms with van der Waals surface area (Å²) in [6, 6.07) is 8.75. The summed E-state index contributed by atoms with van der Waals surface area (Å²) in [4.78, 5) is 0. The predicted octanol–water partition coefficient (Wildman–Crippen LogP) is 3.95. The van der Waals surface area contributed by atoms with E-state index in [-0.39, 0.29) is 0 Å². The molecular weight excluding hydrogens is 314 g/mol. The van der Waals surface area contributed by atoms with Crippen molar-refractivity contribution in [3.8, 4) is 0 Å². The third-order valence-corrected chi connectivity index (χ3v) is 4.09. The Morgan fingerprint density at radius 1 is 1.30 bits per heavy atom. The van der Waals surface area contributed by atoms with Crippen LogP contribution < -0.4 is 5.32 Å². The molecule has 2 rings (SSSR count). The van der Waals surface area contributed by atoms with E-state index in [9.17, 15) is 0 Å². The van der Waals surface area contributed by atoms with Gasteiger partial charge >= 0.3 is 0 Å². The molecular formula is C16H22BrN3. The number of hydrogen-bond acceptors (Lipinski definition) is 2. The Hall–Kier alpha value is -1.13. The Labute approximate surface area is 129 Å². The molecule has 20 heavy (non-hydrogen) atoms. The second kappa shape index (κ2) is 7.60. The first-order valence-electron chi connectivity index (χ1n) is 7.23. The zero-order chi connectivity index (χ0) is 14.4. The fourth-order valence-corrected chi connectivity index (χ4v) is 2.85. The van der Waals surface area contributed by atoms with Gasteiger partial charge in [0.25, 0.3) is 0 Å². The van der Waals surface area contributed by atoms with Crippen LogP contribution in [0.2, 0.25) is 0 Å². The highest BCUT2D eigenvalue weighted by atomic mass is 79.9. The predicted molar refractivity (Wildman–Crippen MR) is 86.8 cm³/mol. The van der Waals surface area contributed by atoms with Gasteiger partial charge in [0.05, 0.1) is 6.20 Å². The maximum absolute atomic E-state index is 4.36. The summed E-state index contributed by atoms with van der Waals surface area (Å²) in [6.07, 6.45) is 6.20. The summed E-state index contributed by atoms with van der Waals surface area (Å²) >= 11 is 3.66. The topological polar surface area (TPSA) is 29.9 Å². The highest BCUT2D eigenvalue weighted by molar-refractivity contribution is 9.10. The van der Waals surface area contributed by atoms with Gasteiger partial charge in [0.2, 0.25) is 0 Å². The van der Waals surface area contributed by atoms with Crippen LogP contribution in [0.25, 0.3) is 0 Å². The SMILES string of the molecule is CCCNC(Cc1cnn(CC)c1)c1ccccc1Br. The number of nitrogens with one attached hydrogen (secondary N) is 1. The van der Waals surface area contributed by atoms with Gasteiger partial charge in [0.15, 0.2) is 0 Å². The van der Waals surface area contributed by atoms with E-state index >= 15 is 0 Å². The van der Waals surface area contributed by atoms with Gasteiger partial charge in [-0.15, -0.1) is 0 Å². The average Bonchev–Trinajstić information content (AvgIpc) is 2.92. The van der Waals surface area contributed by atoms with Crippen molar-refractivity contribution in [2.45, 2.75) is 39.3 Å². The van der Waals surface area contributed by atoms with Crippen molar-refractivity contribution in [2.75, 3.05) is 6.54 Å². The fourth-order valence-electron chi connectivity index (χ4n) is 2.29. The van der Waals surface area contributed by atoms with Crippen molar-refractivity contribution in [2.24, 2.45) is 0 Å². The highest BCUT2D eigenvalue weighted by Gasteiger charge is 2.15. The third-order valence-electron chi connectivity index (χ3n) is 3.37. The zero-order valence-electron chi connectivity index (χ0n) is 12.1. The molecule has 0 fully saturated rings. The molecule has 0 aliphatic rings. The molecule has 4 heteroatoms. The van der Waals surface area contributed by atoms with Crippen LogP contribution in [0.5, 0.6) is 0 Å². The molecule has 1 aromatic heterocycles. The lowest BCUT2D eigenvalue weighted by Gasteiger charge is -2.19. The van der Waals surface area contributed by atoms with E-state index in [2.05, 4.69) is 70.7 Å². The van der Waals surface area contributed by atoms with Gasteiger partial charge < -0.3 is 5.32 Å². The van der Waals surface area contributed by atoms with Crippen LogP contribution in [0.3, 0.4) is 0 Å². The van der Waals surface area contributed by atoms with Crippen molar-refractivity contribution in [1.29, 1.82) is 0 Å². The molecule has 108 valence electrons. The minimum Gasteiger partial charge on any atom is -0.310 e. The number of hydrogen-bond donors (Lipinski definition) is 1. The Kier molecular flexibility index (Phi) is 5.80. The number of nitrogens with zero attached hydrogens (tertiary/aromatic N) is 2. The summed E-state index contributed by atoms with van der Waals surface area (Å²) in [6.45, 7) is 6.24. The molecule has 0 amide bonds. The zero-order valence-corrected chi connectivity index (χ0v) is 13.7. The molecule has 1 aromatic carbocycles. The molecule has 0 radical (unpaired) electrons. The third kappa shape index (κ3) is 3.93. The van der Waals surface area contributed by atoms with Crippen LogP contribution in [0.15, 0.2) is 41.1 Å². The van der Waals surface area contributed by atoms with Gasteiger partial charge in [0.1, 0.15) is 0 Å². The van der Waals surface area contributed by atoms with Gasteiger partial charge in [-0.1, -0.05) is 41.1 Å². The smallest absolute Gasteiger partial charge is 0.0522 e. The molecule has 0 aliphatic heterocycles. The molecule has 1 heterocycles. The first-order chi connectivity index (χ1) is 9.74. The summed E-state index contributed by atoms with van der Waals surface area (Å²) in [5.74, 6) is 0. The quantitative estimate of drug-likeness (QED) is 0.830.